The number of fused-ring (bicyclic) bond motifs is 3. The molecular formula is C19H23N5O2S. The van der Waals surface area contributed by atoms with Gasteiger partial charge in [0.2, 0.25) is 5.91 Å². The molecule has 0 spiro atoms. The van der Waals surface area contributed by atoms with Crippen LogP contribution in [0, 0.1) is 26.7 Å². The number of H-pyrrole nitrogens is 1. The summed E-state index contributed by atoms with van der Waals surface area (Å²) in [6.07, 6.45) is 1.68. The molecule has 2 aliphatic rings. The Morgan fingerprint density at radius 2 is 1.96 bits per heavy atom. The van der Waals surface area contributed by atoms with E-state index in [9.17, 15) is 9.59 Å². The van der Waals surface area contributed by atoms with Crippen molar-refractivity contribution in [2.45, 2.75) is 44.7 Å². The zero-order chi connectivity index (χ0) is 19.1. The molecule has 0 radical (unpaired) electrons. The fourth-order valence-electron chi connectivity index (χ4n) is 4.16. The van der Waals surface area contributed by atoms with E-state index in [1.165, 1.54) is 11.8 Å². The van der Waals surface area contributed by atoms with Crippen molar-refractivity contribution in [3.8, 4) is 0 Å². The summed E-state index contributed by atoms with van der Waals surface area (Å²) in [7, 11) is 0. The molecule has 4 rings (SSSR count). The molecule has 2 aromatic heterocycles. The van der Waals surface area contributed by atoms with Crippen LogP contribution >= 0.6 is 11.8 Å². The Labute approximate surface area is 162 Å². The molecule has 1 fully saturated rings. The molecule has 7 nitrogen and oxygen atoms in total. The van der Waals surface area contributed by atoms with E-state index in [-0.39, 0.29) is 17.4 Å². The second-order valence-electron chi connectivity index (χ2n) is 7.44. The van der Waals surface area contributed by atoms with Gasteiger partial charge in [-0.3, -0.25) is 9.59 Å². The van der Waals surface area contributed by atoms with Crippen molar-refractivity contribution in [1.82, 2.24) is 24.8 Å². The maximum Gasteiger partial charge on any atom is 0.254 e. The van der Waals surface area contributed by atoms with Crippen molar-refractivity contribution >= 4 is 17.7 Å². The van der Waals surface area contributed by atoms with Gasteiger partial charge in [0.1, 0.15) is 5.82 Å². The average molecular weight is 385 g/mol. The first kappa shape index (κ1) is 18.2. The highest BCUT2D eigenvalue weighted by Gasteiger charge is 2.41. The van der Waals surface area contributed by atoms with Crippen molar-refractivity contribution in [2.75, 3.05) is 18.8 Å². The normalized spacial score (nSPS) is 21.1. The third-order valence-corrected chi connectivity index (χ3v) is 6.19. The fraction of sp³-hybridized carbons (Fsp3) is 0.526. The molecule has 1 saturated heterocycles. The summed E-state index contributed by atoms with van der Waals surface area (Å²) in [5.41, 5.74) is 3.49. The standard InChI is InChI=1S/C19H23N5O2S/c1-10-6-11(2)21-19(20-10)27-9-16(25)24-7-13-4-5-14-17(15(13)8-24)22-12(3)23-18(14)26/h6,13,15H,4-5,7-9H2,1-3H3,(H,22,23,26)/t13-,15+/m1/s1. The number of likely N-dealkylation sites (tertiary alicyclic amines) is 1. The molecule has 2 aromatic rings. The summed E-state index contributed by atoms with van der Waals surface area (Å²) < 4.78 is 0. The number of aryl methyl sites for hydroxylation is 3. The molecule has 142 valence electrons. The summed E-state index contributed by atoms with van der Waals surface area (Å²) in [6.45, 7) is 7.05. The molecule has 0 saturated carbocycles. The van der Waals surface area contributed by atoms with Crippen LogP contribution in [0.3, 0.4) is 0 Å². The van der Waals surface area contributed by atoms with Crippen LogP contribution in [0.5, 0.6) is 0 Å². The van der Waals surface area contributed by atoms with Crippen molar-refractivity contribution in [2.24, 2.45) is 5.92 Å². The number of hydrogen-bond acceptors (Lipinski definition) is 6. The van der Waals surface area contributed by atoms with E-state index < -0.39 is 0 Å². The lowest BCUT2D eigenvalue weighted by Gasteiger charge is -2.25. The molecule has 2 atom stereocenters. The van der Waals surface area contributed by atoms with Gasteiger partial charge in [-0.1, -0.05) is 11.8 Å². The van der Waals surface area contributed by atoms with Crippen molar-refractivity contribution in [3.63, 3.8) is 0 Å². The third-order valence-electron chi connectivity index (χ3n) is 5.36. The first-order valence-electron chi connectivity index (χ1n) is 9.23. The lowest BCUT2D eigenvalue weighted by atomic mass is 9.80. The Kier molecular flexibility index (Phi) is 4.75. The minimum absolute atomic E-state index is 0.0248. The number of carbonyl (C=O) groups is 1. The first-order valence-corrected chi connectivity index (χ1v) is 10.2. The van der Waals surface area contributed by atoms with Gasteiger partial charge in [0.15, 0.2) is 5.16 Å². The number of thioether (sulfide) groups is 1. The highest BCUT2D eigenvalue weighted by molar-refractivity contribution is 7.99. The number of amides is 1. The Hall–Kier alpha value is -2.22. The summed E-state index contributed by atoms with van der Waals surface area (Å²) in [6, 6.07) is 1.92. The number of nitrogens with zero attached hydrogens (tertiary/aromatic N) is 4. The van der Waals surface area contributed by atoms with Gasteiger partial charge in [0, 0.05) is 36.0 Å². The predicted octanol–water partition coefficient (Wildman–Crippen LogP) is 1.77. The average Bonchev–Trinajstić information content (AvgIpc) is 3.03. The molecule has 0 aromatic carbocycles. The summed E-state index contributed by atoms with van der Waals surface area (Å²) in [5.74, 6) is 1.63. The molecule has 1 amide bonds. The highest BCUT2D eigenvalue weighted by atomic mass is 32.2. The van der Waals surface area contributed by atoms with Crippen LogP contribution in [0.15, 0.2) is 16.0 Å². The number of carbonyl (C=O) groups excluding carboxylic acids is 1. The SMILES string of the molecule is Cc1cc(C)nc(SCC(=O)N2C[C@H]3CCc4c(nc(C)[nH]c4=O)[C@H]3C2)n1. The van der Waals surface area contributed by atoms with E-state index in [1.54, 1.807) is 0 Å². The number of nitrogens with one attached hydrogen (secondary N) is 1. The maximum absolute atomic E-state index is 12.7. The number of aromatic amines is 1. The van der Waals surface area contributed by atoms with E-state index in [1.807, 2.05) is 31.7 Å². The predicted molar refractivity (Wildman–Crippen MR) is 103 cm³/mol. The summed E-state index contributed by atoms with van der Waals surface area (Å²) in [4.78, 5) is 43.0. The Bertz CT molecular complexity index is 937. The van der Waals surface area contributed by atoms with Crippen LogP contribution < -0.4 is 5.56 Å². The second-order valence-corrected chi connectivity index (χ2v) is 8.38. The summed E-state index contributed by atoms with van der Waals surface area (Å²) in [5, 5.41) is 0.645. The Morgan fingerprint density at radius 3 is 2.70 bits per heavy atom. The topological polar surface area (TPSA) is 91.8 Å². The third kappa shape index (κ3) is 3.63. The monoisotopic (exact) mass is 385 g/mol. The zero-order valence-corrected chi connectivity index (χ0v) is 16.6. The number of aromatic nitrogens is 4. The highest BCUT2D eigenvalue weighted by Crippen LogP contribution is 2.39. The van der Waals surface area contributed by atoms with E-state index >= 15 is 0 Å². The van der Waals surface area contributed by atoms with Gasteiger partial charge in [-0.25, -0.2) is 15.0 Å². The lowest BCUT2D eigenvalue weighted by Crippen LogP contribution is -2.30. The van der Waals surface area contributed by atoms with Crippen molar-refractivity contribution in [3.05, 3.63) is 44.9 Å². The maximum atomic E-state index is 12.7. The summed E-state index contributed by atoms with van der Waals surface area (Å²) >= 11 is 1.38. The van der Waals surface area contributed by atoms with Crippen molar-refractivity contribution in [1.29, 1.82) is 0 Å². The lowest BCUT2D eigenvalue weighted by molar-refractivity contribution is -0.127. The van der Waals surface area contributed by atoms with Crippen LogP contribution in [0.25, 0.3) is 0 Å². The molecule has 0 bridgehead atoms. The molecule has 1 N–H and O–H groups in total. The zero-order valence-electron chi connectivity index (χ0n) is 15.8. The van der Waals surface area contributed by atoms with E-state index in [0.717, 1.165) is 42.0 Å². The molecule has 8 heteroatoms. The van der Waals surface area contributed by atoms with Gasteiger partial charge in [-0.05, 0) is 45.6 Å². The van der Waals surface area contributed by atoms with Crippen LogP contribution in [0.1, 0.15) is 40.8 Å². The van der Waals surface area contributed by atoms with E-state index in [4.69, 9.17) is 0 Å². The Morgan fingerprint density at radius 1 is 1.22 bits per heavy atom. The van der Waals surface area contributed by atoms with Gasteiger partial charge in [-0.15, -0.1) is 0 Å². The van der Waals surface area contributed by atoms with Gasteiger partial charge in [-0.2, -0.15) is 0 Å². The van der Waals surface area contributed by atoms with Gasteiger partial charge >= 0.3 is 0 Å². The quantitative estimate of drug-likeness (QED) is 0.639. The van der Waals surface area contributed by atoms with Crippen LogP contribution in [-0.2, 0) is 11.2 Å². The minimum atomic E-state index is -0.0248. The van der Waals surface area contributed by atoms with Crippen molar-refractivity contribution < 1.29 is 4.79 Å². The van der Waals surface area contributed by atoms with Crippen LogP contribution in [0.2, 0.25) is 0 Å². The molecule has 1 aliphatic carbocycles. The number of hydrogen-bond donors (Lipinski definition) is 1. The fourth-order valence-corrected chi connectivity index (χ4v) is 5.02. The van der Waals surface area contributed by atoms with Crippen LogP contribution in [-0.4, -0.2) is 49.6 Å². The largest absolute Gasteiger partial charge is 0.341 e. The van der Waals surface area contributed by atoms with E-state index in [2.05, 4.69) is 19.9 Å². The second kappa shape index (κ2) is 7.07. The first-order chi connectivity index (χ1) is 12.9. The van der Waals surface area contributed by atoms with Gasteiger partial charge in [0.25, 0.3) is 5.56 Å². The van der Waals surface area contributed by atoms with E-state index in [0.29, 0.717) is 29.2 Å². The molecule has 27 heavy (non-hydrogen) atoms. The minimum Gasteiger partial charge on any atom is -0.341 e. The molecular weight excluding hydrogens is 362 g/mol. The molecule has 0 unspecified atom stereocenters. The van der Waals surface area contributed by atoms with Crippen LogP contribution in [0.4, 0.5) is 0 Å². The Balaban J connectivity index is 1.46. The number of rotatable bonds is 3. The van der Waals surface area contributed by atoms with Gasteiger partial charge in [0.05, 0.1) is 11.4 Å². The molecule has 3 heterocycles. The smallest absolute Gasteiger partial charge is 0.254 e. The molecule has 1 aliphatic heterocycles. The van der Waals surface area contributed by atoms with Gasteiger partial charge < -0.3 is 9.88 Å².